The van der Waals surface area contributed by atoms with Crippen LogP contribution in [0.4, 0.5) is 0 Å². The lowest BCUT2D eigenvalue weighted by Crippen LogP contribution is -2.17. The molecule has 0 amide bonds. The molecule has 0 N–H and O–H groups in total. The third-order valence-corrected chi connectivity index (χ3v) is 4.70. The molecular weight excluding hydrogens is 292 g/mol. The molecule has 1 fully saturated rings. The molecule has 0 saturated carbocycles. The van der Waals surface area contributed by atoms with Crippen molar-refractivity contribution in [2.75, 3.05) is 6.61 Å². The fourth-order valence-corrected chi connectivity index (χ4v) is 3.46. The molecule has 0 aromatic heterocycles. The number of rotatable bonds is 10. The molecule has 2 unspecified atom stereocenters. The topological polar surface area (TPSA) is 35.5 Å². The third kappa shape index (κ3) is 7.29. The van der Waals surface area contributed by atoms with Crippen LogP contribution in [-0.2, 0) is 14.3 Å². The minimum absolute atomic E-state index is 0.0361. The fourth-order valence-electron chi connectivity index (χ4n) is 2.16. The maximum atomic E-state index is 11.3. The van der Waals surface area contributed by atoms with Crippen molar-refractivity contribution < 1.29 is 14.3 Å². The van der Waals surface area contributed by atoms with Crippen LogP contribution in [0.1, 0.15) is 51.9 Å². The van der Waals surface area contributed by atoms with Gasteiger partial charge in [0.25, 0.3) is 0 Å². The van der Waals surface area contributed by atoms with E-state index in [4.69, 9.17) is 21.7 Å². The highest BCUT2D eigenvalue weighted by Gasteiger charge is 2.21. The first-order valence-electron chi connectivity index (χ1n) is 7.32. The summed E-state index contributed by atoms with van der Waals surface area (Å²) >= 11 is 6.66. The Balaban J connectivity index is 2.18. The van der Waals surface area contributed by atoms with Crippen LogP contribution >= 0.6 is 24.0 Å². The standard InChI is InChI=1S/C15H24O3S2/c1-3-5-8-12(18-14(16)4-2)9-6-7-10-13-11-17-15(19)20-13/h4,12-13H,2-3,5-11H2,1H3. The highest BCUT2D eigenvalue weighted by molar-refractivity contribution is 8.23. The van der Waals surface area contributed by atoms with Gasteiger partial charge in [-0.15, -0.1) is 0 Å². The Hall–Kier alpha value is -0.550. The van der Waals surface area contributed by atoms with Gasteiger partial charge in [-0.2, -0.15) is 0 Å². The summed E-state index contributed by atoms with van der Waals surface area (Å²) in [6.45, 7) is 6.34. The van der Waals surface area contributed by atoms with E-state index in [9.17, 15) is 4.79 Å². The van der Waals surface area contributed by atoms with Gasteiger partial charge in [0.15, 0.2) is 0 Å². The lowest BCUT2D eigenvalue weighted by atomic mass is 10.0. The first-order valence-corrected chi connectivity index (χ1v) is 8.61. The summed E-state index contributed by atoms with van der Waals surface area (Å²) in [4.78, 5) is 11.3. The van der Waals surface area contributed by atoms with Crippen molar-refractivity contribution in [1.82, 2.24) is 0 Å². The predicted molar refractivity (Wildman–Crippen MR) is 88.0 cm³/mol. The SMILES string of the molecule is C=CC(=O)OC(CCCC)CCCCC1COC(=S)S1. The Morgan fingerprint density at radius 3 is 2.90 bits per heavy atom. The van der Waals surface area contributed by atoms with E-state index in [2.05, 4.69) is 13.5 Å². The van der Waals surface area contributed by atoms with Crippen molar-refractivity contribution in [3.8, 4) is 0 Å². The number of carbonyl (C=O) groups is 1. The highest BCUT2D eigenvalue weighted by atomic mass is 32.2. The second kappa shape index (κ2) is 10.2. The van der Waals surface area contributed by atoms with Crippen molar-refractivity contribution in [2.24, 2.45) is 0 Å². The average molecular weight is 316 g/mol. The smallest absolute Gasteiger partial charge is 0.330 e. The average Bonchev–Trinajstić information content (AvgIpc) is 2.85. The quantitative estimate of drug-likeness (QED) is 0.260. The molecule has 2 atom stereocenters. The van der Waals surface area contributed by atoms with Crippen LogP contribution < -0.4 is 0 Å². The van der Waals surface area contributed by atoms with Crippen LogP contribution in [0, 0.1) is 0 Å². The molecule has 0 spiro atoms. The zero-order valence-electron chi connectivity index (χ0n) is 12.1. The first kappa shape index (κ1) is 17.5. The zero-order chi connectivity index (χ0) is 14.8. The van der Waals surface area contributed by atoms with Crippen LogP contribution in [0.3, 0.4) is 0 Å². The zero-order valence-corrected chi connectivity index (χ0v) is 13.8. The molecule has 1 aliphatic rings. The molecule has 0 radical (unpaired) electrons. The minimum Gasteiger partial charge on any atom is -0.477 e. The molecule has 0 aromatic carbocycles. The van der Waals surface area contributed by atoms with Crippen LogP contribution in [0.25, 0.3) is 0 Å². The summed E-state index contributed by atoms with van der Waals surface area (Å²) in [6.07, 6.45) is 8.68. The summed E-state index contributed by atoms with van der Waals surface area (Å²) in [7, 11) is 0. The number of thioether (sulfide) groups is 1. The number of ether oxygens (including phenoxy) is 2. The Bertz CT molecular complexity index is 331. The van der Waals surface area contributed by atoms with Gasteiger partial charge in [0, 0.05) is 11.3 Å². The second-order valence-electron chi connectivity index (χ2n) is 4.99. The van der Waals surface area contributed by atoms with Gasteiger partial charge in [-0.1, -0.05) is 44.5 Å². The summed E-state index contributed by atoms with van der Waals surface area (Å²) in [5.74, 6) is -0.309. The number of hydrogen-bond acceptors (Lipinski definition) is 5. The maximum absolute atomic E-state index is 11.3. The Kier molecular flexibility index (Phi) is 8.94. The molecule has 114 valence electrons. The summed E-state index contributed by atoms with van der Waals surface area (Å²) in [5.41, 5.74) is 0. The van der Waals surface area contributed by atoms with Crippen molar-refractivity contribution in [1.29, 1.82) is 0 Å². The Morgan fingerprint density at radius 1 is 1.55 bits per heavy atom. The molecule has 20 heavy (non-hydrogen) atoms. The van der Waals surface area contributed by atoms with Gasteiger partial charge in [-0.25, -0.2) is 4.79 Å². The lowest BCUT2D eigenvalue weighted by molar-refractivity contribution is -0.143. The van der Waals surface area contributed by atoms with Crippen LogP contribution in [-0.4, -0.2) is 28.3 Å². The van der Waals surface area contributed by atoms with Crippen LogP contribution in [0.2, 0.25) is 0 Å². The van der Waals surface area contributed by atoms with Gasteiger partial charge in [0.2, 0.25) is 4.38 Å². The van der Waals surface area contributed by atoms with Crippen molar-refractivity contribution in [3.05, 3.63) is 12.7 Å². The van der Waals surface area contributed by atoms with Crippen molar-refractivity contribution >= 4 is 34.3 Å². The Labute approximate surface area is 131 Å². The van der Waals surface area contributed by atoms with E-state index in [1.807, 2.05) is 0 Å². The van der Waals surface area contributed by atoms with E-state index in [0.717, 1.165) is 51.6 Å². The maximum Gasteiger partial charge on any atom is 0.330 e. The third-order valence-electron chi connectivity index (χ3n) is 3.28. The number of carbonyl (C=O) groups excluding carboxylic acids is 1. The summed E-state index contributed by atoms with van der Waals surface area (Å²) in [5, 5.41) is 0.507. The number of hydrogen-bond donors (Lipinski definition) is 0. The van der Waals surface area contributed by atoms with Gasteiger partial charge < -0.3 is 9.47 Å². The molecule has 0 aromatic rings. The van der Waals surface area contributed by atoms with Crippen molar-refractivity contribution in [3.63, 3.8) is 0 Å². The van der Waals surface area contributed by atoms with E-state index in [1.54, 1.807) is 11.8 Å². The van der Waals surface area contributed by atoms with Crippen LogP contribution in [0.15, 0.2) is 12.7 Å². The van der Waals surface area contributed by atoms with Gasteiger partial charge in [-0.05, 0) is 37.9 Å². The monoisotopic (exact) mass is 316 g/mol. The van der Waals surface area contributed by atoms with Crippen LogP contribution in [0.5, 0.6) is 0 Å². The van der Waals surface area contributed by atoms with Crippen molar-refractivity contribution in [2.45, 2.75) is 63.2 Å². The first-order chi connectivity index (χ1) is 9.65. The molecule has 5 heteroatoms. The van der Waals surface area contributed by atoms with Gasteiger partial charge in [-0.3, -0.25) is 0 Å². The van der Waals surface area contributed by atoms with E-state index < -0.39 is 0 Å². The fraction of sp³-hybridized carbons (Fsp3) is 0.733. The Morgan fingerprint density at radius 2 is 2.30 bits per heavy atom. The molecule has 1 rings (SSSR count). The van der Waals surface area contributed by atoms with E-state index >= 15 is 0 Å². The number of unbranched alkanes of at least 4 members (excludes halogenated alkanes) is 2. The largest absolute Gasteiger partial charge is 0.477 e. The summed E-state index contributed by atoms with van der Waals surface area (Å²) in [6, 6.07) is 0. The van der Waals surface area contributed by atoms with Gasteiger partial charge >= 0.3 is 5.97 Å². The molecule has 1 saturated heterocycles. The van der Waals surface area contributed by atoms with E-state index in [0.29, 0.717) is 9.63 Å². The second-order valence-corrected chi connectivity index (χ2v) is 6.89. The van der Waals surface area contributed by atoms with Gasteiger partial charge in [0.1, 0.15) is 12.7 Å². The number of esters is 1. The molecule has 0 aliphatic carbocycles. The normalized spacial score (nSPS) is 19.4. The molecule has 3 nitrogen and oxygen atoms in total. The van der Waals surface area contributed by atoms with Gasteiger partial charge in [0.05, 0.1) is 0 Å². The minimum atomic E-state index is -0.309. The summed E-state index contributed by atoms with van der Waals surface area (Å²) < 4.78 is 11.3. The molecular formula is C15H24O3S2. The molecule has 1 aliphatic heterocycles. The predicted octanol–water partition coefficient (Wildman–Crippen LogP) is 4.25. The molecule has 1 heterocycles. The molecule has 0 bridgehead atoms. The van der Waals surface area contributed by atoms with E-state index in [1.165, 1.54) is 6.08 Å². The van der Waals surface area contributed by atoms with E-state index in [-0.39, 0.29) is 12.1 Å². The lowest BCUT2D eigenvalue weighted by Gasteiger charge is -2.17. The highest BCUT2D eigenvalue weighted by Crippen LogP contribution is 2.27. The number of thiocarbonyl (C=S) groups is 1.